The van der Waals surface area contributed by atoms with Gasteiger partial charge in [0.05, 0.1) is 15.7 Å². The van der Waals surface area contributed by atoms with Gasteiger partial charge in [0.1, 0.15) is 24.7 Å². The molecular formula is C35H36O6S2. The first-order valence-electron chi connectivity index (χ1n) is 13.8. The molecule has 2 N–H and O–H groups in total. The van der Waals surface area contributed by atoms with Gasteiger partial charge in [0, 0.05) is 0 Å². The monoisotopic (exact) mass is 616 g/mol. The van der Waals surface area contributed by atoms with E-state index >= 15 is 0 Å². The average molecular weight is 617 g/mol. The van der Waals surface area contributed by atoms with Crippen molar-refractivity contribution in [2.24, 2.45) is 0 Å². The summed E-state index contributed by atoms with van der Waals surface area (Å²) < 4.78 is 11.3. The Kier molecular flexibility index (Phi) is 10.5. The summed E-state index contributed by atoms with van der Waals surface area (Å²) in [5, 5.41) is 25.1. The van der Waals surface area contributed by atoms with Crippen molar-refractivity contribution in [3.05, 3.63) is 128 Å². The number of rotatable bonds is 11. The van der Waals surface area contributed by atoms with Gasteiger partial charge in [-0.05, 0) is 120 Å². The number of carbonyl (C=O) groups is 2. The number of benzene rings is 3. The maximum atomic E-state index is 13.4. The van der Waals surface area contributed by atoms with Crippen molar-refractivity contribution in [1.29, 1.82) is 0 Å². The molecule has 0 spiro atoms. The molecule has 0 saturated heterocycles. The minimum absolute atomic E-state index is 0.00199. The first-order chi connectivity index (χ1) is 20.6. The summed E-state index contributed by atoms with van der Waals surface area (Å²) in [5.41, 5.74) is 7.57. The van der Waals surface area contributed by atoms with Gasteiger partial charge in [-0.1, -0.05) is 24.3 Å². The third kappa shape index (κ3) is 7.03. The number of thioether (sulfide) groups is 2. The molecule has 4 rings (SSSR count). The molecule has 1 aliphatic heterocycles. The van der Waals surface area contributed by atoms with Crippen molar-refractivity contribution in [2.75, 3.05) is 0 Å². The Morgan fingerprint density at radius 2 is 1.28 bits per heavy atom. The van der Waals surface area contributed by atoms with E-state index in [0.717, 1.165) is 33.4 Å². The first kappa shape index (κ1) is 32.0. The van der Waals surface area contributed by atoms with Gasteiger partial charge in [0.2, 0.25) is 0 Å². The molecule has 3 aromatic rings. The maximum Gasteiger partial charge on any atom is 0.338 e. The Balaban J connectivity index is 1.54. The van der Waals surface area contributed by atoms with Crippen LogP contribution in [0.3, 0.4) is 0 Å². The highest BCUT2D eigenvalue weighted by Gasteiger charge is 2.25. The topological polar surface area (TPSA) is 93.1 Å². The van der Waals surface area contributed by atoms with Gasteiger partial charge in [-0.2, -0.15) is 0 Å². The van der Waals surface area contributed by atoms with E-state index in [2.05, 4.69) is 13.2 Å². The molecule has 224 valence electrons. The number of aryl methyl sites for hydroxylation is 2. The third-order valence-electron chi connectivity index (χ3n) is 7.60. The fourth-order valence-corrected chi connectivity index (χ4v) is 7.28. The van der Waals surface area contributed by atoms with Crippen molar-refractivity contribution >= 4 is 35.5 Å². The molecular weight excluding hydrogens is 581 g/mol. The van der Waals surface area contributed by atoms with Gasteiger partial charge >= 0.3 is 11.9 Å². The predicted octanol–water partition coefficient (Wildman–Crippen LogP) is 8.45. The molecule has 0 bridgehead atoms. The van der Waals surface area contributed by atoms with E-state index in [0.29, 0.717) is 40.7 Å². The molecule has 0 unspecified atom stereocenters. The molecule has 0 atom stereocenters. The van der Waals surface area contributed by atoms with E-state index in [9.17, 15) is 19.8 Å². The van der Waals surface area contributed by atoms with E-state index in [1.807, 2.05) is 36.8 Å². The van der Waals surface area contributed by atoms with Crippen LogP contribution in [-0.4, -0.2) is 22.2 Å². The van der Waals surface area contributed by atoms with Crippen molar-refractivity contribution in [1.82, 2.24) is 0 Å². The fourth-order valence-electron chi connectivity index (χ4n) is 5.15. The van der Waals surface area contributed by atoms with Crippen LogP contribution in [0.5, 0.6) is 11.5 Å². The number of hydrogen-bond acceptors (Lipinski definition) is 8. The van der Waals surface area contributed by atoms with Gasteiger partial charge in [-0.3, -0.25) is 0 Å². The number of hydrogen-bond donors (Lipinski definition) is 2. The largest absolute Gasteiger partial charge is 0.507 e. The molecule has 0 amide bonds. The Morgan fingerprint density at radius 3 is 1.77 bits per heavy atom. The molecule has 6 nitrogen and oxygen atoms in total. The zero-order chi connectivity index (χ0) is 31.3. The summed E-state index contributed by atoms with van der Waals surface area (Å²) in [5.74, 6) is -0.689. The van der Waals surface area contributed by atoms with Crippen LogP contribution in [0.15, 0.2) is 66.5 Å². The molecule has 0 radical (unpaired) electrons. The first-order valence-corrected chi connectivity index (χ1v) is 15.7. The van der Waals surface area contributed by atoms with E-state index in [-0.39, 0.29) is 29.3 Å². The average Bonchev–Trinajstić information content (AvgIpc) is 3.53. The number of carbonyl (C=O) groups excluding carboxylic acids is 2. The van der Waals surface area contributed by atoms with Gasteiger partial charge in [-0.25, -0.2) is 9.59 Å². The van der Waals surface area contributed by atoms with Gasteiger partial charge in [-0.15, -0.1) is 36.7 Å². The quantitative estimate of drug-likeness (QED) is 0.164. The predicted molar refractivity (Wildman–Crippen MR) is 175 cm³/mol. The molecule has 8 heteroatoms. The summed E-state index contributed by atoms with van der Waals surface area (Å²) in [7, 11) is 0. The number of phenols is 2. The second-order valence-corrected chi connectivity index (χ2v) is 12.8. The van der Waals surface area contributed by atoms with Crippen LogP contribution in [0.2, 0.25) is 0 Å². The highest BCUT2D eigenvalue weighted by molar-refractivity contribution is 8.21. The standard InChI is InChI=1S/C35H36O6S2/c1-7-9-24-15-20(3)29(22(5)31(24)36)18-40-33(38)26-11-12-27(28(17-26)35-42-13-14-43-35)34(39)41-19-30-21(4)16-25(10-8-2)32(37)23(30)6/h7-8,11-17,35-37H,1-2,9-10,18-19H2,3-6H3. The number of phenolic OH excluding ortho intramolecular Hbond substituents is 2. The Bertz CT molecular complexity index is 1610. The maximum absolute atomic E-state index is 13.4. The minimum atomic E-state index is -0.531. The molecule has 0 saturated carbocycles. The van der Waals surface area contributed by atoms with Gasteiger partial charge in [0.15, 0.2) is 0 Å². The molecule has 43 heavy (non-hydrogen) atoms. The van der Waals surface area contributed by atoms with Crippen LogP contribution in [0.1, 0.15) is 75.4 Å². The van der Waals surface area contributed by atoms with Crippen molar-refractivity contribution in [2.45, 2.75) is 58.3 Å². The van der Waals surface area contributed by atoms with Crippen molar-refractivity contribution < 1.29 is 29.3 Å². The SMILES string of the molecule is C=CCc1cc(C)c(COC(=O)c2ccc(C(=O)OCc3c(C)cc(CC=C)c(O)c3C)c(C3SC=CS3)c2)c(C)c1O. The lowest BCUT2D eigenvalue weighted by Gasteiger charge is -2.18. The Labute approximate surface area is 261 Å². The van der Waals surface area contributed by atoms with E-state index in [1.165, 1.54) is 0 Å². The lowest BCUT2D eigenvalue weighted by molar-refractivity contribution is 0.0456. The third-order valence-corrected chi connectivity index (χ3v) is 10.0. The molecule has 0 aromatic heterocycles. The van der Waals surface area contributed by atoms with Crippen molar-refractivity contribution in [3.8, 4) is 11.5 Å². The summed E-state index contributed by atoms with van der Waals surface area (Å²) in [6.07, 6.45) is 4.55. The van der Waals surface area contributed by atoms with E-state index in [1.54, 1.807) is 67.7 Å². The summed E-state index contributed by atoms with van der Waals surface area (Å²) in [4.78, 5) is 26.5. The van der Waals surface area contributed by atoms with E-state index in [4.69, 9.17) is 9.47 Å². The number of allylic oxidation sites excluding steroid dienone is 2. The number of esters is 2. The second-order valence-electron chi connectivity index (χ2n) is 10.4. The van der Waals surface area contributed by atoms with E-state index < -0.39 is 11.9 Å². The van der Waals surface area contributed by atoms with Crippen LogP contribution in [0.25, 0.3) is 0 Å². The van der Waals surface area contributed by atoms with Crippen LogP contribution in [0, 0.1) is 27.7 Å². The molecule has 0 fully saturated rings. The number of ether oxygens (including phenoxy) is 2. The molecule has 0 aliphatic carbocycles. The van der Waals surface area contributed by atoms with Crippen LogP contribution >= 0.6 is 23.5 Å². The fraction of sp³-hybridized carbons (Fsp3) is 0.257. The molecule has 1 aliphatic rings. The van der Waals surface area contributed by atoms with Crippen LogP contribution < -0.4 is 0 Å². The summed E-state index contributed by atoms with van der Waals surface area (Å²) in [6, 6.07) is 8.62. The van der Waals surface area contributed by atoms with Crippen LogP contribution in [0.4, 0.5) is 0 Å². The molecule has 1 heterocycles. The van der Waals surface area contributed by atoms with Gasteiger partial charge < -0.3 is 19.7 Å². The molecule has 3 aromatic carbocycles. The summed E-state index contributed by atoms with van der Waals surface area (Å²) in [6.45, 7) is 14.9. The zero-order valence-corrected chi connectivity index (χ0v) is 26.5. The van der Waals surface area contributed by atoms with Gasteiger partial charge in [0.25, 0.3) is 0 Å². The Morgan fingerprint density at radius 1 is 0.791 bits per heavy atom. The zero-order valence-electron chi connectivity index (χ0n) is 24.9. The smallest absolute Gasteiger partial charge is 0.338 e. The normalized spacial score (nSPS) is 12.7. The highest BCUT2D eigenvalue weighted by atomic mass is 32.2. The second kappa shape index (κ2) is 14.1. The Hall–Kier alpha value is -3.88. The number of aromatic hydroxyl groups is 2. The minimum Gasteiger partial charge on any atom is -0.507 e. The lowest BCUT2D eigenvalue weighted by atomic mass is 9.96. The van der Waals surface area contributed by atoms with Crippen molar-refractivity contribution in [3.63, 3.8) is 0 Å². The lowest BCUT2D eigenvalue weighted by Crippen LogP contribution is -2.13. The highest BCUT2D eigenvalue weighted by Crippen LogP contribution is 2.47. The van der Waals surface area contributed by atoms with Crippen LogP contribution in [-0.2, 0) is 35.5 Å². The summed E-state index contributed by atoms with van der Waals surface area (Å²) >= 11 is 3.09.